The first-order valence-corrected chi connectivity index (χ1v) is 9.26. The van der Waals surface area contributed by atoms with E-state index in [1.54, 1.807) is 23.7 Å². The molecule has 0 amide bonds. The number of nitrogens with zero attached hydrogens (tertiary/aromatic N) is 3. The smallest absolute Gasteiger partial charge is 0.252 e. The number of hydrogen-bond donors (Lipinski definition) is 3. The summed E-state index contributed by atoms with van der Waals surface area (Å²) in [5.74, 6) is 1.30. The lowest BCUT2D eigenvalue weighted by atomic mass is 9.81. The van der Waals surface area contributed by atoms with Crippen LogP contribution in [0.1, 0.15) is 49.5 Å². The fraction of sp³-hybridized carbons (Fsp3) is 0.350. The average Bonchev–Trinajstić information content (AvgIpc) is 2.64. The van der Waals surface area contributed by atoms with Crippen LogP contribution in [0.5, 0.6) is 0 Å². The van der Waals surface area contributed by atoms with E-state index in [4.69, 9.17) is 0 Å². The van der Waals surface area contributed by atoms with Crippen molar-refractivity contribution >= 4 is 22.3 Å². The molecule has 7 heteroatoms. The van der Waals surface area contributed by atoms with Crippen LogP contribution in [0.2, 0.25) is 0 Å². The molecule has 0 aliphatic heterocycles. The molecule has 140 valence electrons. The van der Waals surface area contributed by atoms with Crippen molar-refractivity contribution in [2.75, 3.05) is 5.32 Å². The van der Waals surface area contributed by atoms with Gasteiger partial charge in [-0.05, 0) is 37.3 Å². The number of hydrogen-bond acceptors (Lipinski definition) is 5. The molecule has 4 rings (SSSR count). The van der Waals surface area contributed by atoms with E-state index >= 15 is 0 Å². The minimum Gasteiger partial charge on any atom is -0.375 e. The molecule has 0 saturated heterocycles. The first-order chi connectivity index (χ1) is 13.1. The largest absolute Gasteiger partial charge is 0.375 e. The molecule has 1 saturated carbocycles. The van der Waals surface area contributed by atoms with Gasteiger partial charge in [0.1, 0.15) is 5.82 Å². The summed E-state index contributed by atoms with van der Waals surface area (Å²) in [6, 6.07) is 6.88. The van der Waals surface area contributed by atoms with Crippen LogP contribution in [-0.4, -0.2) is 19.7 Å². The van der Waals surface area contributed by atoms with Crippen molar-refractivity contribution in [2.45, 2.75) is 38.1 Å². The summed E-state index contributed by atoms with van der Waals surface area (Å²) in [4.78, 5) is 21.4. The second kappa shape index (κ2) is 7.09. The third-order valence-corrected chi connectivity index (χ3v) is 5.45. The second-order valence-electron chi connectivity index (χ2n) is 7.23. The molecule has 2 heterocycles. The van der Waals surface area contributed by atoms with Crippen LogP contribution in [0.3, 0.4) is 0 Å². The molecule has 1 aliphatic rings. The number of anilines is 1. The Morgan fingerprint density at radius 1 is 1.26 bits per heavy atom. The highest BCUT2D eigenvalue weighted by Gasteiger charge is 2.21. The predicted molar refractivity (Wildman–Crippen MR) is 103 cm³/mol. The lowest BCUT2D eigenvalue weighted by Gasteiger charge is -2.25. The Morgan fingerprint density at radius 2 is 2.00 bits per heavy atom. The van der Waals surface area contributed by atoms with Gasteiger partial charge in [-0.2, -0.15) is 5.48 Å². The lowest BCUT2D eigenvalue weighted by molar-refractivity contribution is -0.825. The Morgan fingerprint density at radius 3 is 2.63 bits per heavy atom. The Hall–Kier alpha value is -2.77. The molecular weight excluding hydrogens is 342 g/mol. The van der Waals surface area contributed by atoms with E-state index in [1.165, 1.54) is 24.8 Å². The quantitative estimate of drug-likeness (QED) is 0.476. The fourth-order valence-corrected chi connectivity index (χ4v) is 3.50. The minimum atomic E-state index is -0.155. The Bertz CT molecular complexity index is 1020. The normalized spacial score (nSPS) is 15.5. The number of quaternary nitrogens is 1. The monoisotopic (exact) mass is 366 g/mol. The van der Waals surface area contributed by atoms with Crippen LogP contribution in [0.15, 0.2) is 41.5 Å². The van der Waals surface area contributed by atoms with E-state index in [1.807, 2.05) is 31.5 Å². The molecule has 3 aromatic rings. The molecule has 4 N–H and O–H groups in total. The maximum Gasteiger partial charge on any atom is 0.252 e. The molecule has 0 bridgehead atoms. The van der Waals surface area contributed by atoms with Gasteiger partial charge in [0, 0.05) is 48.7 Å². The van der Waals surface area contributed by atoms with Crippen molar-refractivity contribution < 1.29 is 10.7 Å². The van der Waals surface area contributed by atoms with E-state index in [0.717, 1.165) is 16.4 Å². The first-order valence-electron chi connectivity index (χ1n) is 9.26. The highest BCUT2D eigenvalue weighted by molar-refractivity contribution is 5.93. The number of pyridine rings is 1. The standard InChI is InChI=1S/C20H23N5O2/c1-12(20-21-10-14(11-22-20)13-4-3-5-13)23-17-9-19(26)25(2)18-7-6-15(24-27)8-16(17)18/h6-13,23-24,27H,3-5H2,1-2H3/p+1. The highest BCUT2D eigenvalue weighted by atomic mass is 16.5. The summed E-state index contributed by atoms with van der Waals surface area (Å²) in [5, 5.41) is 13.6. The number of benzene rings is 1. The zero-order valence-electron chi connectivity index (χ0n) is 15.5. The number of nitrogens with two attached hydrogens (primary N) is 1. The summed E-state index contributed by atoms with van der Waals surface area (Å²) in [6.45, 7) is 1.98. The molecule has 2 aromatic heterocycles. The first kappa shape index (κ1) is 17.6. The molecule has 0 spiro atoms. The summed E-state index contributed by atoms with van der Waals surface area (Å²) in [5.41, 5.74) is 4.34. The molecule has 1 atom stereocenters. The van der Waals surface area contributed by atoms with E-state index < -0.39 is 0 Å². The van der Waals surface area contributed by atoms with E-state index in [-0.39, 0.29) is 11.6 Å². The topological polar surface area (TPSA) is 96.7 Å². The van der Waals surface area contributed by atoms with Crippen molar-refractivity contribution in [3.05, 3.63) is 58.4 Å². The summed E-state index contributed by atoms with van der Waals surface area (Å²) < 4.78 is 1.59. The number of aromatic nitrogens is 3. The van der Waals surface area contributed by atoms with Crippen molar-refractivity contribution in [1.82, 2.24) is 14.5 Å². The third-order valence-electron chi connectivity index (χ3n) is 5.45. The van der Waals surface area contributed by atoms with Crippen LogP contribution in [0, 0.1) is 0 Å². The maximum absolute atomic E-state index is 12.3. The van der Waals surface area contributed by atoms with Crippen LogP contribution in [0.25, 0.3) is 10.9 Å². The van der Waals surface area contributed by atoms with Gasteiger partial charge in [-0.25, -0.2) is 15.2 Å². The fourth-order valence-electron chi connectivity index (χ4n) is 3.50. The highest BCUT2D eigenvalue weighted by Crippen LogP contribution is 2.35. The average molecular weight is 366 g/mol. The van der Waals surface area contributed by atoms with Gasteiger partial charge >= 0.3 is 0 Å². The maximum atomic E-state index is 12.3. The predicted octanol–water partition coefficient (Wildman–Crippen LogP) is 2.35. The molecule has 1 aliphatic carbocycles. The molecular formula is C20H24N5O2+. The van der Waals surface area contributed by atoms with Gasteiger partial charge in [-0.15, -0.1) is 0 Å². The number of rotatable bonds is 5. The van der Waals surface area contributed by atoms with Crippen LogP contribution < -0.4 is 16.4 Å². The van der Waals surface area contributed by atoms with Crippen molar-refractivity contribution in [3.8, 4) is 0 Å². The van der Waals surface area contributed by atoms with E-state index in [2.05, 4.69) is 15.3 Å². The zero-order valence-corrected chi connectivity index (χ0v) is 15.5. The molecule has 27 heavy (non-hydrogen) atoms. The van der Waals surface area contributed by atoms with Gasteiger partial charge in [-0.3, -0.25) is 4.79 Å². The van der Waals surface area contributed by atoms with Gasteiger partial charge in [0.05, 0.1) is 11.6 Å². The Labute approximate surface area is 157 Å². The molecule has 1 unspecified atom stereocenters. The summed E-state index contributed by atoms with van der Waals surface area (Å²) >= 11 is 0. The van der Waals surface area contributed by atoms with Crippen molar-refractivity contribution in [3.63, 3.8) is 0 Å². The zero-order chi connectivity index (χ0) is 19.0. The molecule has 7 nitrogen and oxygen atoms in total. The molecule has 1 aromatic carbocycles. The molecule has 0 radical (unpaired) electrons. The number of nitrogens with one attached hydrogen (secondary N) is 1. The van der Waals surface area contributed by atoms with Gasteiger partial charge in [-0.1, -0.05) is 6.42 Å². The van der Waals surface area contributed by atoms with E-state index in [9.17, 15) is 10.0 Å². The van der Waals surface area contributed by atoms with E-state index in [0.29, 0.717) is 23.1 Å². The second-order valence-corrected chi connectivity index (χ2v) is 7.23. The Balaban J connectivity index is 1.65. The summed E-state index contributed by atoms with van der Waals surface area (Å²) in [6.07, 6.45) is 7.57. The SMILES string of the molecule is CC(Nc1cc(=O)n(C)c2ccc([NH2+]O)cc12)c1ncc(C2CCC2)cn1. The van der Waals surface area contributed by atoms with Crippen LogP contribution in [0.4, 0.5) is 11.4 Å². The van der Waals surface area contributed by atoms with Gasteiger partial charge in [0.25, 0.3) is 5.56 Å². The lowest BCUT2D eigenvalue weighted by Crippen LogP contribution is -2.73. The molecule has 1 fully saturated rings. The third kappa shape index (κ3) is 3.31. The van der Waals surface area contributed by atoms with Gasteiger partial charge < -0.3 is 9.88 Å². The number of fused-ring (bicyclic) bond motifs is 1. The number of aryl methyl sites for hydroxylation is 1. The van der Waals surface area contributed by atoms with Crippen molar-refractivity contribution in [2.24, 2.45) is 7.05 Å². The van der Waals surface area contributed by atoms with Crippen molar-refractivity contribution in [1.29, 1.82) is 0 Å². The minimum absolute atomic E-state index is 0.0980. The van der Waals surface area contributed by atoms with Crippen LogP contribution in [-0.2, 0) is 7.05 Å². The van der Waals surface area contributed by atoms with Crippen LogP contribution >= 0.6 is 0 Å². The summed E-state index contributed by atoms with van der Waals surface area (Å²) in [7, 11) is 1.74. The Kier molecular flexibility index (Phi) is 4.63. The van der Waals surface area contributed by atoms with Gasteiger partial charge in [0.2, 0.25) is 0 Å². The van der Waals surface area contributed by atoms with Gasteiger partial charge in [0.15, 0.2) is 5.69 Å².